The van der Waals surface area contributed by atoms with Crippen LogP contribution < -0.4 is 9.64 Å². The predicted molar refractivity (Wildman–Crippen MR) is 82.1 cm³/mol. The summed E-state index contributed by atoms with van der Waals surface area (Å²) in [5.74, 6) is -6.86. The van der Waals surface area contributed by atoms with E-state index in [0.717, 1.165) is 25.6 Å². The molecule has 1 saturated heterocycles. The van der Waals surface area contributed by atoms with Gasteiger partial charge in [0.15, 0.2) is 17.4 Å². The predicted octanol–water partition coefficient (Wildman–Crippen LogP) is 2.35. The number of nitrogens with one attached hydrogen (secondary N) is 1. The second-order valence-electron chi connectivity index (χ2n) is 5.67. The summed E-state index contributed by atoms with van der Waals surface area (Å²) in [6.45, 7) is 5.17. The van der Waals surface area contributed by atoms with Gasteiger partial charge in [0, 0.05) is 0 Å². The molecule has 0 aliphatic carbocycles. The summed E-state index contributed by atoms with van der Waals surface area (Å²) in [6, 6.07) is 0. The van der Waals surface area contributed by atoms with Crippen molar-refractivity contribution in [3.63, 3.8) is 0 Å². The maximum absolute atomic E-state index is 14.0. The topological polar surface area (TPSA) is 22.9 Å². The Balaban J connectivity index is 2.14. The van der Waals surface area contributed by atoms with Crippen molar-refractivity contribution in [2.75, 3.05) is 39.5 Å². The molecule has 1 fully saturated rings. The molecule has 7 heteroatoms. The molecule has 0 amide bonds. The Morgan fingerprint density at radius 3 is 2.25 bits per heavy atom. The molecule has 1 aliphatic rings. The van der Waals surface area contributed by atoms with Gasteiger partial charge in [0.05, 0.1) is 31.9 Å². The summed E-state index contributed by atoms with van der Waals surface area (Å²) >= 11 is 0. The van der Waals surface area contributed by atoms with Gasteiger partial charge in [-0.3, -0.25) is 0 Å². The average molecular weight is 348 g/mol. The molecular weight excluding hydrogens is 326 g/mol. The van der Waals surface area contributed by atoms with Crippen LogP contribution >= 0.6 is 0 Å². The van der Waals surface area contributed by atoms with Gasteiger partial charge in [0.2, 0.25) is 11.6 Å². The average Bonchev–Trinajstić information content (AvgIpc) is 2.60. The lowest BCUT2D eigenvalue weighted by molar-refractivity contribution is -0.902. The van der Waals surface area contributed by atoms with Gasteiger partial charge >= 0.3 is 0 Å². The Labute approximate surface area is 138 Å². The van der Waals surface area contributed by atoms with Crippen molar-refractivity contribution in [3.8, 4) is 5.75 Å². The van der Waals surface area contributed by atoms with Gasteiger partial charge in [-0.05, 0) is 18.6 Å². The number of hydrogen-bond donors (Lipinski definition) is 1. The van der Waals surface area contributed by atoms with Crippen LogP contribution in [0, 0.1) is 23.3 Å². The first kappa shape index (κ1) is 18.7. The Kier molecular flexibility index (Phi) is 7.05. The van der Waals surface area contributed by atoms with Gasteiger partial charge in [0.25, 0.3) is 0 Å². The highest BCUT2D eigenvalue weighted by Crippen LogP contribution is 2.30. The molecule has 3 nitrogen and oxygen atoms in total. The number of ether oxygens (including phenoxy) is 2. The van der Waals surface area contributed by atoms with E-state index in [2.05, 4.69) is 0 Å². The van der Waals surface area contributed by atoms with Crippen LogP contribution in [-0.4, -0.2) is 39.5 Å². The molecular formula is C17H22F4NO2+. The third-order valence-electron chi connectivity index (χ3n) is 3.89. The summed E-state index contributed by atoms with van der Waals surface area (Å²) in [6.07, 6.45) is 3.86. The number of hydrogen-bond acceptors (Lipinski definition) is 2. The third-order valence-corrected chi connectivity index (χ3v) is 3.89. The second-order valence-corrected chi connectivity index (χ2v) is 5.67. The molecule has 0 bridgehead atoms. The number of quaternary nitrogens is 1. The van der Waals surface area contributed by atoms with Gasteiger partial charge in [-0.25, -0.2) is 8.78 Å². The monoisotopic (exact) mass is 348 g/mol. The first-order valence-corrected chi connectivity index (χ1v) is 8.12. The molecule has 1 aliphatic heterocycles. The number of benzene rings is 1. The van der Waals surface area contributed by atoms with E-state index in [4.69, 9.17) is 9.47 Å². The lowest BCUT2D eigenvalue weighted by Gasteiger charge is -2.22. The van der Waals surface area contributed by atoms with Crippen molar-refractivity contribution in [1.82, 2.24) is 0 Å². The van der Waals surface area contributed by atoms with E-state index in [0.29, 0.717) is 26.2 Å². The van der Waals surface area contributed by atoms with E-state index in [9.17, 15) is 17.6 Å². The van der Waals surface area contributed by atoms with Crippen molar-refractivity contribution in [3.05, 3.63) is 34.9 Å². The van der Waals surface area contributed by atoms with Crippen LogP contribution in [0.4, 0.5) is 17.6 Å². The number of halogens is 4. The molecule has 2 rings (SSSR count). The summed E-state index contributed by atoms with van der Waals surface area (Å²) in [7, 11) is 0. The van der Waals surface area contributed by atoms with Crippen molar-refractivity contribution >= 4 is 6.08 Å². The van der Waals surface area contributed by atoms with Gasteiger partial charge in [-0.1, -0.05) is 13.3 Å². The summed E-state index contributed by atoms with van der Waals surface area (Å²) in [4.78, 5) is 1.18. The lowest BCUT2D eigenvalue weighted by atomic mass is 10.1. The van der Waals surface area contributed by atoms with Gasteiger partial charge in [-0.15, -0.1) is 0 Å². The molecule has 1 heterocycles. The number of rotatable bonds is 7. The van der Waals surface area contributed by atoms with E-state index >= 15 is 0 Å². The Hall–Kier alpha value is -1.60. The Bertz CT molecular complexity index is 557. The van der Waals surface area contributed by atoms with E-state index in [-0.39, 0.29) is 6.61 Å². The fraction of sp³-hybridized carbons (Fsp3) is 0.529. The SMILES string of the molecule is CCCCOc1c(F)c(F)c(/C=C/C[NH+]2CCOCC2)c(F)c1F. The number of unbranched alkanes of at least 4 members (excludes halogenated alkanes) is 1. The zero-order chi connectivity index (χ0) is 17.5. The molecule has 134 valence electrons. The molecule has 0 radical (unpaired) electrons. The molecule has 0 spiro atoms. The molecule has 0 saturated carbocycles. The minimum absolute atomic E-state index is 0.00119. The number of morpholine rings is 1. The smallest absolute Gasteiger partial charge is 0.204 e. The van der Waals surface area contributed by atoms with E-state index in [1.165, 1.54) is 11.0 Å². The molecule has 0 atom stereocenters. The van der Waals surface area contributed by atoms with E-state index < -0.39 is 34.6 Å². The maximum Gasteiger partial charge on any atom is 0.204 e. The van der Waals surface area contributed by atoms with Gasteiger partial charge in [0.1, 0.15) is 13.1 Å². The van der Waals surface area contributed by atoms with Crippen molar-refractivity contribution in [2.24, 2.45) is 0 Å². The first-order chi connectivity index (χ1) is 11.6. The molecule has 0 unspecified atom stereocenters. The fourth-order valence-corrected chi connectivity index (χ4v) is 2.43. The van der Waals surface area contributed by atoms with Crippen molar-refractivity contribution < 1.29 is 31.9 Å². The standard InChI is InChI=1S/C17H21F4NO2/c1-2-3-9-24-17-15(20)13(18)12(14(19)16(17)21)5-4-6-22-7-10-23-11-8-22/h4-5H,2-3,6-11H2,1H3/p+1/b5-4+. The summed E-state index contributed by atoms with van der Waals surface area (Å²) in [5, 5.41) is 0. The highest BCUT2D eigenvalue weighted by Gasteiger charge is 2.25. The van der Waals surface area contributed by atoms with Crippen LogP contribution in [-0.2, 0) is 4.74 Å². The van der Waals surface area contributed by atoms with Crippen LogP contribution in [0.15, 0.2) is 6.08 Å². The first-order valence-electron chi connectivity index (χ1n) is 8.12. The normalized spacial score (nSPS) is 16.0. The van der Waals surface area contributed by atoms with Gasteiger partial charge in [-0.2, -0.15) is 8.78 Å². The minimum Gasteiger partial charge on any atom is -0.487 e. The van der Waals surface area contributed by atoms with Crippen LogP contribution in [0.2, 0.25) is 0 Å². The molecule has 1 N–H and O–H groups in total. The molecule has 1 aromatic rings. The Morgan fingerprint density at radius 1 is 1.04 bits per heavy atom. The maximum atomic E-state index is 14.0. The molecule has 0 aromatic heterocycles. The largest absolute Gasteiger partial charge is 0.487 e. The third kappa shape index (κ3) is 4.48. The Morgan fingerprint density at radius 2 is 1.67 bits per heavy atom. The zero-order valence-electron chi connectivity index (χ0n) is 13.6. The lowest BCUT2D eigenvalue weighted by Crippen LogP contribution is -3.13. The van der Waals surface area contributed by atoms with E-state index in [1.54, 1.807) is 0 Å². The highest BCUT2D eigenvalue weighted by molar-refractivity contribution is 5.53. The van der Waals surface area contributed by atoms with Crippen molar-refractivity contribution in [2.45, 2.75) is 19.8 Å². The van der Waals surface area contributed by atoms with Crippen LogP contribution in [0.5, 0.6) is 5.75 Å². The van der Waals surface area contributed by atoms with E-state index in [1.807, 2.05) is 6.92 Å². The van der Waals surface area contributed by atoms with Crippen molar-refractivity contribution in [1.29, 1.82) is 0 Å². The summed E-state index contributed by atoms with van der Waals surface area (Å²) < 4.78 is 66.0. The second kappa shape index (κ2) is 9.03. The molecule has 1 aromatic carbocycles. The van der Waals surface area contributed by atoms with Crippen LogP contribution in [0.1, 0.15) is 25.3 Å². The highest BCUT2D eigenvalue weighted by atomic mass is 19.2. The molecule has 24 heavy (non-hydrogen) atoms. The minimum atomic E-state index is -1.50. The van der Waals surface area contributed by atoms with Gasteiger partial charge < -0.3 is 14.4 Å². The van der Waals surface area contributed by atoms with Crippen LogP contribution in [0.25, 0.3) is 6.08 Å². The van der Waals surface area contributed by atoms with Crippen LogP contribution in [0.3, 0.4) is 0 Å². The fourth-order valence-electron chi connectivity index (χ4n) is 2.43. The zero-order valence-corrected chi connectivity index (χ0v) is 13.6. The summed E-state index contributed by atoms with van der Waals surface area (Å²) in [5.41, 5.74) is -0.722. The quantitative estimate of drug-likeness (QED) is 0.464.